The molecule has 0 rings (SSSR count). The highest BCUT2D eigenvalue weighted by Gasteiger charge is 2.09. The van der Waals surface area contributed by atoms with Crippen molar-refractivity contribution in [2.45, 2.75) is 26.2 Å². The number of rotatable bonds is 6. The molecule has 0 bridgehead atoms. The maximum absolute atomic E-state index is 11.1. The van der Waals surface area contributed by atoms with Crippen LogP contribution in [0.5, 0.6) is 0 Å². The molecule has 0 aliphatic carbocycles. The van der Waals surface area contributed by atoms with E-state index >= 15 is 0 Å². The van der Waals surface area contributed by atoms with Gasteiger partial charge in [-0.1, -0.05) is 6.08 Å². The van der Waals surface area contributed by atoms with Crippen molar-refractivity contribution < 1.29 is 14.7 Å². The van der Waals surface area contributed by atoms with Crippen molar-refractivity contribution in [1.29, 1.82) is 0 Å². The lowest BCUT2D eigenvalue weighted by molar-refractivity contribution is -0.134. The normalized spacial score (nSPS) is 11.1. The molecule has 0 saturated carbocycles. The first-order valence-electron chi connectivity index (χ1n) is 4.37. The number of carbonyl (C=O) groups is 2. The minimum absolute atomic E-state index is 0.0825. The van der Waals surface area contributed by atoms with Crippen molar-refractivity contribution in [3.05, 3.63) is 11.8 Å². The molecule has 0 spiro atoms. The van der Waals surface area contributed by atoms with Gasteiger partial charge in [0.15, 0.2) is 0 Å². The molecular weight excluding hydrogens is 206 g/mol. The Balaban J connectivity index is 3.87. The standard InChI is InChI=1S/C9H14ClNO3/c1-2-7(9(13)14)11-8(12)5-3-4-6-10/h2H,3-6H2,1H3,(H,11,12)(H,13,14). The fourth-order valence-electron chi connectivity index (χ4n) is 0.842. The number of carboxylic acid groups (broad SMARTS) is 1. The monoisotopic (exact) mass is 219 g/mol. The van der Waals surface area contributed by atoms with Crippen LogP contribution in [0.25, 0.3) is 0 Å². The lowest BCUT2D eigenvalue weighted by atomic mass is 10.2. The summed E-state index contributed by atoms with van der Waals surface area (Å²) >= 11 is 5.43. The Bertz CT molecular complexity index is 238. The number of hydrogen-bond donors (Lipinski definition) is 2. The maximum atomic E-state index is 11.1. The number of amides is 1. The third-order valence-electron chi connectivity index (χ3n) is 1.58. The van der Waals surface area contributed by atoms with Gasteiger partial charge in [0.2, 0.25) is 5.91 Å². The summed E-state index contributed by atoms with van der Waals surface area (Å²) in [6.07, 6.45) is 3.08. The van der Waals surface area contributed by atoms with Gasteiger partial charge in [-0.05, 0) is 19.8 Å². The predicted octanol–water partition coefficient (Wildman–Crippen LogP) is 1.50. The van der Waals surface area contributed by atoms with Crippen molar-refractivity contribution >= 4 is 23.5 Å². The maximum Gasteiger partial charge on any atom is 0.352 e. The molecule has 0 aliphatic rings. The molecule has 5 heteroatoms. The van der Waals surface area contributed by atoms with Crippen molar-refractivity contribution in [3.63, 3.8) is 0 Å². The van der Waals surface area contributed by atoms with E-state index in [1.54, 1.807) is 6.92 Å². The van der Waals surface area contributed by atoms with Crippen molar-refractivity contribution in [2.75, 3.05) is 5.88 Å². The van der Waals surface area contributed by atoms with Gasteiger partial charge in [-0.15, -0.1) is 11.6 Å². The molecule has 0 saturated heterocycles. The van der Waals surface area contributed by atoms with Gasteiger partial charge < -0.3 is 10.4 Å². The Morgan fingerprint density at radius 1 is 1.43 bits per heavy atom. The molecule has 0 radical (unpaired) electrons. The third kappa shape index (κ3) is 5.59. The molecule has 0 aromatic rings. The number of unbranched alkanes of at least 4 members (excludes halogenated alkanes) is 1. The van der Waals surface area contributed by atoms with Gasteiger partial charge in [0.25, 0.3) is 0 Å². The fraction of sp³-hybridized carbons (Fsp3) is 0.556. The summed E-state index contributed by atoms with van der Waals surface area (Å²) in [5.74, 6) is -0.897. The van der Waals surface area contributed by atoms with Crippen molar-refractivity contribution in [3.8, 4) is 0 Å². The molecule has 4 nitrogen and oxygen atoms in total. The van der Waals surface area contributed by atoms with Gasteiger partial charge in [0.1, 0.15) is 5.70 Å². The number of carbonyl (C=O) groups excluding carboxylic acids is 1. The van der Waals surface area contributed by atoms with Gasteiger partial charge in [-0.3, -0.25) is 4.79 Å². The lowest BCUT2D eigenvalue weighted by Gasteiger charge is -2.04. The van der Waals surface area contributed by atoms with E-state index in [0.717, 1.165) is 6.42 Å². The van der Waals surface area contributed by atoms with Crippen molar-refractivity contribution in [2.24, 2.45) is 0 Å². The second-order valence-corrected chi connectivity index (χ2v) is 3.08. The third-order valence-corrected chi connectivity index (χ3v) is 1.85. The van der Waals surface area contributed by atoms with Crippen LogP contribution in [0.3, 0.4) is 0 Å². The summed E-state index contributed by atoms with van der Waals surface area (Å²) in [5.41, 5.74) is -0.0825. The Morgan fingerprint density at radius 2 is 2.07 bits per heavy atom. The Kier molecular flexibility index (Phi) is 6.84. The molecular formula is C9H14ClNO3. The van der Waals surface area contributed by atoms with E-state index in [1.165, 1.54) is 6.08 Å². The largest absolute Gasteiger partial charge is 0.477 e. The minimum atomic E-state index is -1.13. The van der Waals surface area contributed by atoms with E-state index in [1.807, 2.05) is 0 Å². The van der Waals surface area contributed by atoms with Crippen LogP contribution in [-0.4, -0.2) is 22.9 Å². The van der Waals surface area contributed by atoms with E-state index < -0.39 is 5.97 Å². The van der Waals surface area contributed by atoms with Crippen LogP contribution in [0, 0.1) is 0 Å². The zero-order valence-electron chi connectivity index (χ0n) is 8.05. The number of halogens is 1. The quantitative estimate of drug-likeness (QED) is 0.404. The van der Waals surface area contributed by atoms with Crippen LogP contribution in [0.1, 0.15) is 26.2 Å². The molecule has 0 unspecified atom stereocenters. The molecule has 0 fully saturated rings. The number of allylic oxidation sites excluding steroid dienone is 1. The topological polar surface area (TPSA) is 66.4 Å². The summed E-state index contributed by atoms with van der Waals surface area (Å²) in [4.78, 5) is 21.6. The summed E-state index contributed by atoms with van der Waals surface area (Å²) in [7, 11) is 0. The van der Waals surface area contributed by atoms with Gasteiger partial charge in [0.05, 0.1) is 0 Å². The van der Waals surface area contributed by atoms with Crippen LogP contribution in [-0.2, 0) is 9.59 Å². The zero-order valence-corrected chi connectivity index (χ0v) is 8.80. The van der Waals surface area contributed by atoms with Crippen molar-refractivity contribution in [1.82, 2.24) is 5.32 Å². The summed E-state index contributed by atoms with van der Waals surface area (Å²) in [6, 6.07) is 0. The highest BCUT2D eigenvalue weighted by molar-refractivity contribution is 6.17. The Morgan fingerprint density at radius 3 is 2.50 bits per heavy atom. The summed E-state index contributed by atoms with van der Waals surface area (Å²) < 4.78 is 0. The fourth-order valence-corrected chi connectivity index (χ4v) is 1.03. The molecule has 0 heterocycles. The molecule has 0 aliphatic heterocycles. The molecule has 14 heavy (non-hydrogen) atoms. The summed E-state index contributed by atoms with van der Waals surface area (Å²) in [6.45, 7) is 1.56. The van der Waals surface area contributed by atoms with Crippen LogP contribution in [0.2, 0.25) is 0 Å². The first-order chi connectivity index (χ1) is 6.61. The smallest absolute Gasteiger partial charge is 0.352 e. The van der Waals surface area contributed by atoms with E-state index in [2.05, 4.69) is 5.32 Å². The van der Waals surface area contributed by atoms with Crippen LogP contribution in [0.4, 0.5) is 0 Å². The zero-order chi connectivity index (χ0) is 11.0. The number of carboxylic acids is 1. The average Bonchev–Trinajstić information content (AvgIpc) is 2.14. The predicted molar refractivity (Wildman–Crippen MR) is 54.1 cm³/mol. The van der Waals surface area contributed by atoms with E-state index in [-0.39, 0.29) is 11.6 Å². The van der Waals surface area contributed by atoms with Gasteiger partial charge in [-0.2, -0.15) is 0 Å². The molecule has 2 N–H and O–H groups in total. The van der Waals surface area contributed by atoms with Crippen LogP contribution in [0.15, 0.2) is 11.8 Å². The van der Waals surface area contributed by atoms with Crippen LogP contribution < -0.4 is 5.32 Å². The van der Waals surface area contributed by atoms with E-state index in [9.17, 15) is 9.59 Å². The molecule has 0 aromatic heterocycles. The van der Waals surface area contributed by atoms with E-state index in [4.69, 9.17) is 16.7 Å². The summed E-state index contributed by atoms with van der Waals surface area (Å²) in [5, 5.41) is 10.9. The van der Waals surface area contributed by atoms with Crippen LogP contribution >= 0.6 is 11.6 Å². The molecule has 80 valence electrons. The van der Waals surface area contributed by atoms with Gasteiger partial charge in [-0.25, -0.2) is 4.79 Å². The van der Waals surface area contributed by atoms with E-state index in [0.29, 0.717) is 18.7 Å². The first kappa shape index (κ1) is 13.0. The minimum Gasteiger partial charge on any atom is -0.477 e. The highest BCUT2D eigenvalue weighted by Crippen LogP contribution is 1.98. The lowest BCUT2D eigenvalue weighted by Crippen LogP contribution is -2.26. The average molecular weight is 220 g/mol. The number of aliphatic carboxylic acids is 1. The SMILES string of the molecule is CC=C(NC(=O)CCCCCl)C(=O)O. The second-order valence-electron chi connectivity index (χ2n) is 2.70. The number of hydrogen-bond acceptors (Lipinski definition) is 2. The Labute approximate surface area is 87.9 Å². The first-order valence-corrected chi connectivity index (χ1v) is 4.90. The Hall–Kier alpha value is -1.03. The second kappa shape index (κ2) is 7.38. The van der Waals surface area contributed by atoms with Gasteiger partial charge in [0, 0.05) is 12.3 Å². The van der Waals surface area contributed by atoms with Gasteiger partial charge >= 0.3 is 5.97 Å². The molecule has 0 atom stereocenters. The molecule has 0 aromatic carbocycles. The highest BCUT2D eigenvalue weighted by atomic mass is 35.5. The number of nitrogens with one attached hydrogen (secondary N) is 1. The number of alkyl halides is 1. The molecule has 1 amide bonds.